The van der Waals surface area contributed by atoms with Crippen LogP contribution in [0.2, 0.25) is 0 Å². The highest BCUT2D eigenvalue weighted by atomic mass is 127. The maximum Gasteiger partial charge on any atom is 0.472 e. The molecule has 0 aromatic heterocycles. The number of hydrogen-bond donors (Lipinski definition) is 0. The monoisotopic (exact) mass is 564 g/mol. The normalized spacial score (nSPS) is 13.7. The lowest BCUT2D eigenvalue weighted by molar-refractivity contribution is -1.03. The minimum Gasteiger partial charge on any atom is -0.189 e. The highest BCUT2D eigenvalue weighted by Gasteiger charge is 2.70. The molecule has 10 heteroatoms. The molecule has 0 heterocycles. The zero-order valence-corrected chi connectivity index (χ0v) is 19.7. The molecule has 0 N–H and O–H groups in total. The molecule has 2 aromatic rings. The quantitative estimate of drug-likeness (QED) is 0.384. The van der Waals surface area contributed by atoms with Gasteiger partial charge in [0.25, 0.3) is 0 Å². The van der Waals surface area contributed by atoms with Gasteiger partial charge >= 0.3 is 41.8 Å². The third kappa shape index (κ3) is 5.13. The molecule has 167 valence electrons. The van der Waals surface area contributed by atoms with Crippen LogP contribution in [0.5, 0.6) is 0 Å². The summed E-state index contributed by atoms with van der Waals surface area (Å²) in [5.41, 5.74) is 1.56. The maximum absolute atomic E-state index is 13.6. The maximum atomic E-state index is 13.6. The number of hydrogen-bond acceptors (Lipinski definition) is 3. The van der Waals surface area contributed by atoms with E-state index in [0.717, 1.165) is 17.5 Å². The third-order valence-electron chi connectivity index (χ3n) is 4.71. The van der Waals surface area contributed by atoms with E-state index >= 15 is 0 Å². The van der Waals surface area contributed by atoms with Crippen molar-refractivity contribution in [1.82, 2.24) is 0 Å². The molecule has 0 aliphatic carbocycles. The van der Waals surface area contributed by atoms with Crippen molar-refractivity contribution >= 4 is 10.1 Å². The molecule has 0 atom stereocenters. The largest absolute Gasteiger partial charge is 0.472 e. The van der Waals surface area contributed by atoms with Gasteiger partial charge in [0, 0.05) is 0 Å². The van der Waals surface area contributed by atoms with E-state index in [-0.39, 0.29) is 8.99 Å². The summed E-state index contributed by atoms with van der Waals surface area (Å²) in [6, 6.07) is 12.7. The van der Waals surface area contributed by atoms with Crippen molar-refractivity contribution in [3.8, 4) is 0 Å². The van der Waals surface area contributed by atoms with E-state index in [1.807, 2.05) is 20.8 Å². The predicted octanol–water partition coefficient (Wildman–Crippen LogP) is 2.76. The van der Waals surface area contributed by atoms with Crippen molar-refractivity contribution in [1.29, 1.82) is 0 Å². The minimum atomic E-state index is -6.28. The molecular formula is C20H22F5IO3S+. The van der Waals surface area contributed by atoms with Crippen LogP contribution in [-0.4, -0.2) is 19.8 Å². The third-order valence-corrected chi connectivity index (χ3v) is 12.1. The average Bonchev–Trinajstić information content (AvgIpc) is 2.66. The Morgan fingerprint density at radius 1 is 0.867 bits per heavy atom. The first-order valence-electron chi connectivity index (χ1n) is 8.88. The van der Waals surface area contributed by atoms with E-state index in [4.69, 9.17) is 0 Å². The van der Waals surface area contributed by atoms with Crippen LogP contribution in [0.25, 0.3) is 0 Å². The van der Waals surface area contributed by atoms with Gasteiger partial charge in [-0.1, -0.05) is 50.6 Å². The van der Waals surface area contributed by atoms with Crippen LogP contribution in [0.3, 0.4) is 0 Å². The van der Waals surface area contributed by atoms with E-state index < -0.39 is 41.8 Å². The molecule has 3 nitrogen and oxygen atoms in total. The number of benzene rings is 2. The van der Waals surface area contributed by atoms with Gasteiger partial charge in [0.1, 0.15) is 0 Å². The Labute approximate surface area is 180 Å². The van der Waals surface area contributed by atoms with Crippen LogP contribution in [0.15, 0.2) is 48.5 Å². The van der Waals surface area contributed by atoms with Crippen LogP contribution in [0, 0.1) is 14.1 Å². The Morgan fingerprint density at radius 2 is 1.30 bits per heavy atom. The second-order valence-corrected chi connectivity index (χ2v) is 13.9. The molecular weight excluding hydrogens is 542 g/mol. The lowest BCUT2D eigenvalue weighted by atomic mass is 9.82. The van der Waals surface area contributed by atoms with Gasteiger partial charge in [-0.3, -0.25) is 0 Å². The van der Waals surface area contributed by atoms with Crippen LogP contribution in [0.1, 0.15) is 38.3 Å². The molecule has 1 radical (unpaired) electrons. The number of alkyl halides is 5. The van der Waals surface area contributed by atoms with Crippen LogP contribution < -0.4 is 20.2 Å². The Balaban J connectivity index is 2.53. The minimum absolute atomic E-state index is 0.183. The van der Waals surface area contributed by atoms with E-state index in [9.17, 15) is 30.4 Å². The Kier molecular flexibility index (Phi) is 7.25. The van der Waals surface area contributed by atoms with Gasteiger partial charge in [-0.25, -0.2) is 0 Å². The first-order valence-corrected chi connectivity index (χ1v) is 13.3. The van der Waals surface area contributed by atoms with Gasteiger partial charge < -0.3 is 0 Å². The van der Waals surface area contributed by atoms with Gasteiger partial charge in [0.05, 0.1) is 0 Å². The Bertz CT molecular complexity index is 969. The summed E-state index contributed by atoms with van der Waals surface area (Å²) in [5, 5.41) is -6.01. The van der Waals surface area contributed by atoms with Gasteiger partial charge in [-0.15, -0.1) is 0 Å². The zero-order chi connectivity index (χ0) is 23.0. The second-order valence-electron chi connectivity index (χ2n) is 7.32. The van der Waals surface area contributed by atoms with Crippen molar-refractivity contribution < 1.29 is 53.1 Å². The van der Waals surface area contributed by atoms with E-state index in [0.29, 0.717) is 3.57 Å². The number of rotatable bonds is 7. The SMILES string of the molecule is CCC(C)(C)c1ccc([I+](OS(=O)(=O)C(F)(F)C(F)(F)F)c2ccc(C)cc2)cc1. The van der Waals surface area contributed by atoms with Crippen molar-refractivity contribution in [2.45, 2.75) is 51.0 Å². The first-order chi connectivity index (χ1) is 13.6. The summed E-state index contributed by atoms with van der Waals surface area (Å²) in [6.07, 6.45) is -5.47. The van der Waals surface area contributed by atoms with Crippen LogP contribution in [0.4, 0.5) is 22.0 Å². The smallest absolute Gasteiger partial charge is 0.189 e. The molecule has 30 heavy (non-hydrogen) atoms. The number of halogens is 6. The van der Waals surface area contributed by atoms with E-state index in [1.165, 1.54) is 12.1 Å². The number of aryl methyl sites for hydroxylation is 1. The van der Waals surface area contributed by atoms with Crippen molar-refractivity contribution in [3.63, 3.8) is 0 Å². The van der Waals surface area contributed by atoms with Gasteiger partial charge in [0.15, 0.2) is 7.14 Å². The Hall–Kier alpha value is -1.27. The Morgan fingerprint density at radius 3 is 1.70 bits per heavy atom. The van der Waals surface area contributed by atoms with Crippen LogP contribution >= 0.6 is 0 Å². The molecule has 0 aliphatic rings. The molecule has 0 bridgehead atoms. The van der Waals surface area contributed by atoms with Crippen LogP contribution in [-0.2, 0) is 18.0 Å². The van der Waals surface area contributed by atoms with E-state index in [2.05, 4.69) is 2.51 Å². The molecule has 0 unspecified atom stereocenters. The van der Waals surface area contributed by atoms with E-state index in [1.54, 1.807) is 43.3 Å². The average molecular weight is 564 g/mol. The predicted molar refractivity (Wildman–Crippen MR) is 99.3 cm³/mol. The van der Waals surface area contributed by atoms with Crippen molar-refractivity contribution in [2.24, 2.45) is 0 Å². The van der Waals surface area contributed by atoms with Gasteiger partial charge in [-0.2, -0.15) is 30.4 Å². The molecule has 0 saturated heterocycles. The van der Waals surface area contributed by atoms with Crippen molar-refractivity contribution in [2.75, 3.05) is 0 Å². The summed E-state index contributed by atoms with van der Waals surface area (Å²) in [4.78, 5) is 0. The summed E-state index contributed by atoms with van der Waals surface area (Å²) in [5.74, 6) is 0. The zero-order valence-electron chi connectivity index (χ0n) is 16.7. The molecule has 2 rings (SSSR count). The lowest BCUT2D eigenvalue weighted by Crippen LogP contribution is -3.85. The van der Waals surface area contributed by atoms with Gasteiger partial charge in [-0.05, 0) is 51.1 Å². The fraction of sp³-hybridized carbons (Fsp3) is 0.400. The standard InChI is InChI=1S/C20H22F5IO3S/c1-5-18(3,4)15-8-12-17(13-9-15)26(16-10-6-14(2)7-11-16)29-30(27,28)20(24,25)19(21,22)23/h6-13H,5H2,1-4H3/q+1. The first kappa shape index (κ1) is 25.0. The summed E-state index contributed by atoms with van der Waals surface area (Å²) >= 11 is -3.64. The lowest BCUT2D eigenvalue weighted by Gasteiger charge is -2.23. The summed E-state index contributed by atoms with van der Waals surface area (Å²) in [7, 11) is -6.26. The fourth-order valence-corrected chi connectivity index (χ4v) is 9.09. The highest BCUT2D eigenvalue weighted by Crippen LogP contribution is 2.39. The highest BCUT2D eigenvalue weighted by molar-refractivity contribution is 7.87. The molecule has 2 aromatic carbocycles. The summed E-state index contributed by atoms with van der Waals surface area (Å²) in [6.45, 7) is 7.76. The second kappa shape index (κ2) is 8.70. The molecule has 0 fully saturated rings. The van der Waals surface area contributed by atoms with Crippen molar-refractivity contribution in [3.05, 3.63) is 66.8 Å². The molecule has 0 aliphatic heterocycles. The molecule has 0 amide bonds. The fourth-order valence-electron chi connectivity index (χ4n) is 2.33. The molecule has 0 saturated carbocycles. The summed E-state index contributed by atoms with van der Waals surface area (Å²) < 4.78 is 94.4. The van der Waals surface area contributed by atoms with Gasteiger partial charge in [0.2, 0.25) is 0 Å². The topological polar surface area (TPSA) is 43.4 Å². The molecule has 0 spiro atoms.